The van der Waals surface area contributed by atoms with Gasteiger partial charge in [-0.05, 0) is 0 Å². The first-order valence-electron chi connectivity index (χ1n) is 8.38. The van der Waals surface area contributed by atoms with Gasteiger partial charge in [-0.3, -0.25) is 0 Å². The number of benzene rings is 2. The van der Waals surface area contributed by atoms with Crippen molar-refractivity contribution in [2.75, 3.05) is 0 Å². The molecular weight excluding hydrogens is 412 g/mol. The van der Waals surface area contributed by atoms with Crippen LogP contribution in [-0.2, 0) is 0 Å². The Bertz CT molecular complexity index is 834. The van der Waals surface area contributed by atoms with Crippen molar-refractivity contribution in [3.05, 3.63) is 40.7 Å². The summed E-state index contributed by atoms with van der Waals surface area (Å²) >= 11 is 0. The van der Waals surface area contributed by atoms with Crippen LogP contribution in [0.1, 0.15) is 20.8 Å². The van der Waals surface area contributed by atoms with Crippen molar-refractivity contribution in [2.45, 2.75) is 38.9 Å². The molecule has 0 spiro atoms. The molecule has 0 heterocycles. The number of fused-ring (bicyclic) bond motifs is 1. The van der Waals surface area contributed by atoms with Gasteiger partial charge in [-0.1, -0.05) is 38.9 Å². The Kier molecular flexibility index (Phi) is 8.77. The Morgan fingerprint density at radius 2 is 1.00 bits per heavy atom. The lowest BCUT2D eigenvalue weighted by Crippen LogP contribution is -2.22. The number of halogens is 7. The molecule has 0 bridgehead atoms. The first kappa shape index (κ1) is 24.2. The van der Waals surface area contributed by atoms with E-state index in [0.29, 0.717) is 0 Å². The van der Waals surface area contributed by atoms with Gasteiger partial charge in [-0.25, -0.2) is 26.3 Å². The molecule has 0 fully saturated rings. The first-order valence-corrected chi connectivity index (χ1v) is 10.8. The van der Waals surface area contributed by atoms with Crippen LogP contribution in [0.5, 0.6) is 5.75 Å². The predicted octanol–water partition coefficient (Wildman–Crippen LogP) is 4.44. The molecule has 2 aromatic rings. The Balaban J connectivity index is 0.000000480. The summed E-state index contributed by atoms with van der Waals surface area (Å²) in [6, 6.07) is 4.48. The van der Waals surface area contributed by atoms with Gasteiger partial charge in [0.2, 0.25) is 5.82 Å². The number of rotatable bonds is 5. The Hall–Kier alpha value is -1.79. The van der Waals surface area contributed by atoms with Crippen molar-refractivity contribution < 1.29 is 45.4 Å². The maximum absolute atomic E-state index is 13.6. The molecule has 0 atom stereocenters. The second kappa shape index (κ2) is 10.1. The fourth-order valence-corrected chi connectivity index (χ4v) is 4.28. The van der Waals surface area contributed by atoms with Crippen LogP contribution < -0.4 is 4.65 Å². The maximum atomic E-state index is 13.6. The van der Waals surface area contributed by atoms with Gasteiger partial charge < -0.3 is 14.7 Å². The summed E-state index contributed by atoms with van der Waals surface area (Å²) in [5.41, 5.74) is 0. The van der Waals surface area contributed by atoms with Gasteiger partial charge in [-0.2, -0.15) is 4.39 Å². The molecule has 0 aliphatic carbocycles. The average Bonchev–Trinajstić information content (AvgIpc) is 2.66. The minimum Gasteiger partial charge on any atom is -0.509 e. The molecule has 0 saturated heterocycles. The van der Waals surface area contributed by atoms with Crippen LogP contribution >= 0.6 is 0 Å². The Labute approximate surface area is 158 Å². The molecule has 0 aliphatic heterocycles. The molecule has 0 saturated carbocycles. The second-order valence-electron chi connectivity index (χ2n) is 5.81. The van der Waals surface area contributed by atoms with Gasteiger partial charge in [0.05, 0.1) is 10.8 Å². The highest BCUT2D eigenvalue weighted by Gasteiger charge is 2.32. The van der Waals surface area contributed by atoms with Crippen molar-refractivity contribution in [1.29, 1.82) is 0 Å². The van der Waals surface area contributed by atoms with Crippen LogP contribution in [0.2, 0.25) is 18.1 Å². The third-order valence-corrected chi connectivity index (χ3v) is 7.72. The van der Waals surface area contributed by atoms with Crippen molar-refractivity contribution in [1.82, 2.24) is 0 Å². The van der Waals surface area contributed by atoms with Gasteiger partial charge in [0, 0.05) is 8.80 Å². The topological polar surface area (TPSA) is 49.7 Å². The number of hydrogen-bond acceptors (Lipinski definition) is 3. The third kappa shape index (κ3) is 4.79. The van der Waals surface area contributed by atoms with Crippen LogP contribution in [-0.4, -0.2) is 26.2 Å². The molecule has 12 heteroatoms. The highest BCUT2D eigenvalue weighted by atomic mass is 28.3. The molecule has 156 valence electrons. The molecule has 2 rings (SSSR count). The van der Waals surface area contributed by atoms with Crippen LogP contribution in [0.3, 0.4) is 0 Å². The first-order chi connectivity index (χ1) is 13.0. The predicted molar refractivity (Wildman–Crippen MR) is 93.1 cm³/mol. The third-order valence-electron chi connectivity index (χ3n) is 4.25. The van der Waals surface area contributed by atoms with Crippen LogP contribution in [0.4, 0.5) is 30.7 Å². The van der Waals surface area contributed by atoms with E-state index in [1.54, 1.807) is 0 Å². The zero-order chi connectivity index (χ0) is 21.8. The van der Waals surface area contributed by atoms with Crippen molar-refractivity contribution in [3.8, 4) is 5.75 Å². The Morgan fingerprint density at radius 3 is 1.32 bits per heavy atom. The zero-order valence-electron chi connectivity index (χ0n) is 15.2. The van der Waals surface area contributed by atoms with Crippen LogP contribution in [0, 0.1) is 40.7 Å². The largest absolute Gasteiger partial charge is 0.707 e. The molecule has 0 aliphatic rings. The Morgan fingerprint density at radius 1 is 0.643 bits per heavy atom. The monoisotopic (exact) mass is 430 g/mol. The fourth-order valence-electron chi connectivity index (χ4n) is 2.55. The normalized spacial score (nSPS) is 10.9. The lowest BCUT2D eigenvalue weighted by molar-refractivity contribution is 0.279. The highest BCUT2D eigenvalue weighted by molar-refractivity contribution is 6.58. The molecule has 0 aromatic heterocycles. The molecule has 2 aromatic carbocycles. The molecular formula is C16H18BF7O3Si. The van der Waals surface area contributed by atoms with Crippen molar-refractivity contribution in [2.24, 2.45) is 0 Å². The molecule has 3 nitrogen and oxygen atoms in total. The van der Waals surface area contributed by atoms with E-state index >= 15 is 0 Å². The van der Waals surface area contributed by atoms with E-state index in [2.05, 4.69) is 25.4 Å². The summed E-state index contributed by atoms with van der Waals surface area (Å²) < 4.78 is 97.1. The minimum atomic E-state index is -2.84. The van der Waals surface area contributed by atoms with Gasteiger partial charge in [0.1, 0.15) is 0 Å². The summed E-state index contributed by atoms with van der Waals surface area (Å²) in [5.74, 6) is -18.3. The quantitative estimate of drug-likeness (QED) is 0.319. The van der Waals surface area contributed by atoms with E-state index in [4.69, 9.17) is 10.0 Å². The average molecular weight is 430 g/mol. The van der Waals surface area contributed by atoms with E-state index in [1.165, 1.54) is 18.1 Å². The fraction of sp³-hybridized carbons (Fsp3) is 0.375. The maximum Gasteiger partial charge on any atom is 0.707 e. The van der Waals surface area contributed by atoms with E-state index in [1.807, 2.05) is 0 Å². The van der Waals surface area contributed by atoms with Crippen LogP contribution in [0.25, 0.3) is 10.8 Å². The number of hydrogen-bond donors (Lipinski definition) is 2. The SMILES string of the molecule is CC[SiH](CC)CC.OB(O)Oc1c(F)c(F)c(F)c2c(F)c(F)c(F)c(F)c12. The molecule has 0 radical (unpaired) electrons. The van der Waals surface area contributed by atoms with E-state index in [0.717, 1.165) is 0 Å². The van der Waals surface area contributed by atoms with Gasteiger partial charge in [0.25, 0.3) is 0 Å². The highest BCUT2D eigenvalue weighted by Crippen LogP contribution is 2.38. The molecule has 0 unspecified atom stereocenters. The summed E-state index contributed by atoms with van der Waals surface area (Å²) in [4.78, 5) is 0. The lowest BCUT2D eigenvalue weighted by atomic mass is 10.0. The molecule has 2 N–H and O–H groups in total. The smallest absolute Gasteiger partial charge is 0.509 e. The molecule has 0 amide bonds. The standard InChI is InChI=1S/C10H2BF7O3.C6H16Si/c12-3-1-2(5(14)7(16)6(3)15)10(21-11(19)20)9(18)8(17)4(1)13;1-4-7(5-2)6-3/h19-20H;7H,4-6H2,1-3H3. The summed E-state index contributed by atoms with van der Waals surface area (Å²) in [6.07, 6.45) is 0. The minimum absolute atomic E-state index is 0.171. The van der Waals surface area contributed by atoms with E-state index in [-0.39, 0.29) is 8.80 Å². The van der Waals surface area contributed by atoms with Crippen molar-refractivity contribution in [3.63, 3.8) is 0 Å². The van der Waals surface area contributed by atoms with Gasteiger partial charge in [0.15, 0.2) is 40.7 Å². The summed E-state index contributed by atoms with van der Waals surface area (Å²) in [7, 11) is -3.02. The van der Waals surface area contributed by atoms with Gasteiger partial charge in [-0.15, -0.1) is 0 Å². The lowest BCUT2D eigenvalue weighted by Gasteiger charge is -2.13. The zero-order valence-corrected chi connectivity index (χ0v) is 16.4. The molecule has 28 heavy (non-hydrogen) atoms. The van der Waals surface area contributed by atoms with E-state index < -0.39 is 64.6 Å². The van der Waals surface area contributed by atoms with Crippen LogP contribution in [0.15, 0.2) is 0 Å². The van der Waals surface area contributed by atoms with E-state index in [9.17, 15) is 30.7 Å². The van der Waals surface area contributed by atoms with Crippen molar-refractivity contribution >= 4 is 26.9 Å². The second-order valence-corrected chi connectivity index (χ2v) is 9.99. The van der Waals surface area contributed by atoms with Gasteiger partial charge >= 0.3 is 7.32 Å². The summed E-state index contributed by atoms with van der Waals surface area (Å²) in [6.45, 7) is 6.97. The summed E-state index contributed by atoms with van der Waals surface area (Å²) in [5, 5.41) is 13.6.